The van der Waals surface area contributed by atoms with Crippen LogP contribution in [0.5, 0.6) is 0 Å². The minimum Gasteiger partial charge on any atom is -0.303 e. The molecule has 17 heavy (non-hydrogen) atoms. The maximum Gasteiger partial charge on any atom is 0.164 e. The van der Waals surface area contributed by atoms with Gasteiger partial charge in [0.25, 0.3) is 0 Å². The van der Waals surface area contributed by atoms with Gasteiger partial charge in [0.05, 0.1) is 0 Å². The Hall–Kier alpha value is -1.15. The van der Waals surface area contributed by atoms with Gasteiger partial charge in [-0.15, -0.1) is 0 Å². The third-order valence-corrected chi connectivity index (χ3v) is 3.41. The fraction of sp³-hybridized carbons (Fsp3) is 0.533. The number of aryl methyl sites for hydroxylation is 1. The maximum atomic E-state index is 11.9. The van der Waals surface area contributed by atoms with Crippen LogP contribution in [0.2, 0.25) is 0 Å². The van der Waals surface area contributed by atoms with Crippen molar-refractivity contribution in [3.8, 4) is 0 Å². The zero-order valence-electron chi connectivity index (χ0n) is 11.4. The quantitative estimate of drug-likeness (QED) is 0.703. The molecule has 0 aliphatic rings. The third kappa shape index (κ3) is 4.31. The molecule has 0 fully saturated rings. The van der Waals surface area contributed by atoms with Gasteiger partial charge in [-0.25, -0.2) is 0 Å². The molecule has 0 aliphatic heterocycles. The van der Waals surface area contributed by atoms with Gasteiger partial charge < -0.3 is 4.90 Å². The Bertz CT molecular complexity index is 356. The third-order valence-electron chi connectivity index (χ3n) is 3.41. The van der Waals surface area contributed by atoms with E-state index in [0.29, 0.717) is 12.5 Å². The summed E-state index contributed by atoms with van der Waals surface area (Å²) in [6.45, 7) is 7.23. The first-order chi connectivity index (χ1) is 8.04. The smallest absolute Gasteiger partial charge is 0.164 e. The fourth-order valence-corrected chi connectivity index (χ4v) is 1.69. The van der Waals surface area contributed by atoms with Gasteiger partial charge in [0.1, 0.15) is 0 Å². The molecule has 0 aromatic heterocycles. The van der Waals surface area contributed by atoms with E-state index in [1.54, 1.807) is 0 Å². The molecule has 0 spiro atoms. The van der Waals surface area contributed by atoms with Gasteiger partial charge >= 0.3 is 0 Å². The molecule has 1 rings (SSSR count). The standard InChI is InChI=1S/C15H23NO/c1-5-13(3)16(4)11-10-15(17)14-8-6-12(2)7-9-14/h6-9,13H,5,10-11H2,1-4H3. The first-order valence-corrected chi connectivity index (χ1v) is 6.34. The van der Waals surface area contributed by atoms with Crippen LogP contribution in [0, 0.1) is 6.92 Å². The van der Waals surface area contributed by atoms with E-state index < -0.39 is 0 Å². The van der Waals surface area contributed by atoms with Crippen LogP contribution in [0.4, 0.5) is 0 Å². The molecular formula is C15H23NO. The van der Waals surface area contributed by atoms with Gasteiger partial charge in [-0.2, -0.15) is 0 Å². The second-order valence-corrected chi connectivity index (χ2v) is 4.78. The van der Waals surface area contributed by atoms with E-state index in [1.807, 2.05) is 31.2 Å². The Balaban J connectivity index is 2.47. The summed E-state index contributed by atoms with van der Waals surface area (Å²) in [7, 11) is 2.08. The molecule has 1 atom stereocenters. The van der Waals surface area contributed by atoms with Crippen LogP contribution in [0.1, 0.15) is 42.6 Å². The van der Waals surface area contributed by atoms with Crippen LogP contribution in [0.3, 0.4) is 0 Å². The van der Waals surface area contributed by atoms with Crippen molar-refractivity contribution in [3.63, 3.8) is 0 Å². The molecule has 0 radical (unpaired) electrons. The van der Waals surface area contributed by atoms with Gasteiger partial charge in [0, 0.05) is 24.6 Å². The van der Waals surface area contributed by atoms with Crippen molar-refractivity contribution in [2.24, 2.45) is 0 Å². The number of nitrogens with zero attached hydrogens (tertiary/aromatic N) is 1. The van der Waals surface area contributed by atoms with Crippen molar-refractivity contribution < 1.29 is 4.79 Å². The second kappa shape index (κ2) is 6.55. The molecule has 1 aromatic carbocycles. The normalized spacial score (nSPS) is 12.8. The van der Waals surface area contributed by atoms with E-state index in [1.165, 1.54) is 5.56 Å². The largest absolute Gasteiger partial charge is 0.303 e. The lowest BCUT2D eigenvalue weighted by molar-refractivity contribution is 0.0961. The lowest BCUT2D eigenvalue weighted by atomic mass is 10.1. The Morgan fingerprint density at radius 1 is 1.29 bits per heavy atom. The van der Waals surface area contributed by atoms with Crippen LogP contribution < -0.4 is 0 Å². The lowest BCUT2D eigenvalue weighted by Gasteiger charge is -2.22. The molecule has 0 amide bonds. The first kappa shape index (κ1) is 13.9. The molecule has 0 aliphatic carbocycles. The zero-order chi connectivity index (χ0) is 12.8. The Morgan fingerprint density at radius 2 is 1.88 bits per heavy atom. The molecule has 0 N–H and O–H groups in total. The summed E-state index contributed by atoms with van der Waals surface area (Å²) in [6.07, 6.45) is 1.72. The Morgan fingerprint density at radius 3 is 2.41 bits per heavy atom. The molecule has 0 bridgehead atoms. The molecule has 2 heteroatoms. The van der Waals surface area contributed by atoms with Crippen molar-refractivity contribution in [2.45, 2.75) is 39.7 Å². The summed E-state index contributed by atoms with van der Waals surface area (Å²) < 4.78 is 0. The van der Waals surface area contributed by atoms with Crippen LogP contribution >= 0.6 is 0 Å². The van der Waals surface area contributed by atoms with E-state index in [-0.39, 0.29) is 5.78 Å². The summed E-state index contributed by atoms with van der Waals surface area (Å²) in [5.41, 5.74) is 2.02. The summed E-state index contributed by atoms with van der Waals surface area (Å²) in [4.78, 5) is 14.2. The number of benzene rings is 1. The van der Waals surface area contributed by atoms with Crippen LogP contribution in [-0.2, 0) is 0 Å². The van der Waals surface area contributed by atoms with Gasteiger partial charge in [-0.05, 0) is 27.3 Å². The molecule has 0 heterocycles. The minimum atomic E-state index is 0.236. The predicted molar refractivity (Wildman–Crippen MR) is 72.5 cm³/mol. The van der Waals surface area contributed by atoms with E-state index in [0.717, 1.165) is 18.5 Å². The highest BCUT2D eigenvalue weighted by molar-refractivity contribution is 5.96. The number of hydrogen-bond donors (Lipinski definition) is 0. The summed E-state index contributed by atoms with van der Waals surface area (Å²) >= 11 is 0. The highest BCUT2D eigenvalue weighted by Crippen LogP contribution is 2.08. The number of carbonyl (C=O) groups excluding carboxylic acids is 1. The minimum absolute atomic E-state index is 0.236. The Kier molecular flexibility index (Phi) is 5.36. The monoisotopic (exact) mass is 233 g/mol. The average Bonchev–Trinajstić information content (AvgIpc) is 2.35. The Labute approximate surface area is 105 Å². The molecule has 0 saturated heterocycles. The molecule has 1 aromatic rings. The zero-order valence-corrected chi connectivity index (χ0v) is 11.4. The molecule has 0 saturated carbocycles. The van der Waals surface area contributed by atoms with Crippen LogP contribution in [0.25, 0.3) is 0 Å². The van der Waals surface area contributed by atoms with Crippen molar-refractivity contribution in [1.82, 2.24) is 4.90 Å². The van der Waals surface area contributed by atoms with E-state index >= 15 is 0 Å². The number of ketones is 1. The molecular weight excluding hydrogens is 210 g/mol. The van der Waals surface area contributed by atoms with Gasteiger partial charge in [0.2, 0.25) is 0 Å². The highest BCUT2D eigenvalue weighted by atomic mass is 16.1. The lowest BCUT2D eigenvalue weighted by Crippen LogP contribution is -2.30. The summed E-state index contributed by atoms with van der Waals surface area (Å²) in [6, 6.07) is 8.36. The first-order valence-electron chi connectivity index (χ1n) is 6.34. The van der Waals surface area contributed by atoms with E-state index in [4.69, 9.17) is 0 Å². The summed E-state index contributed by atoms with van der Waals surface area (Å²) in [5, 5.41) is 0. The number of rotatable bonds is 6. The maximum absolute atomic E-state index is 11.9. The van der Waals surface area contributed by atoms with E-state index in [9.17, 15) is 4.79 Å². The SMILES string of the molecule is CCC(C)N(C)CCC(=O)c1ccc(C)cc1. The molecule has 2 nitrogen and oxygen atoms in total. The topological polar surface area (TPSA) is 20.3 Å². The summed E-state index contributed by atoms with van der Waals surface area (Å²) in [5.74, 6) is 0.236. The van der Waals surface area contributed by atoms with Gasteiger partial charge in [0.15, 0.2) is 5.78 Å². The number of carbonyl (C=O) groups is 1. The van der Waals surface area contributed by atoms with Crippen molar-refractivity contribution in [1.29, 1.82) is 0 Å². The van der Waals surface area contributed by atoms with Crippen molar-refractivity contribution in [3.05, 3.63) is 35.4 Å². The fourth-order valence-electron chi connectivity index (χ4n) is 1.69. The number of hydrogen-bond acceptors (Lipinski definition) is 2. The van der Waals surface area contributed by atoms with Crippen LogP contribution in [-0.4, -0.2) is 30.3 Å². The number of Topliss-reactive ketones (excluding diaryl/α,β-unsaturated/α-hetero) is 1. The second-order valence-electron chi connectivity index (χ2n) is 4.78. The van der Waals surface area contributed by atoms with Gasteiger partial charge in [-0.3, -0.25) is 4.79 Å². The van der Waals surface area contributed by atoms with Gasteiger partial charge in [-0.1, -0.05) is 36.8 Å². The van der Waals surface area contributed by atoms with Crippen molar-refractivity contribution >= 4 is 5.78 Å². The molecule has 94 valence electrons. The van der Waals surface area contributed by atoms with E-state index in [2.05, 4.69) is 25.8 Å². The van der Waals surface area contributed by atoms with Crippen molar-refractivity contribution in [2.75, 3.05) is 13.6 Å². The highest BCUT2D eigenvalue weighted by Gasteiger charge is 2.10. The van der Waals surface area contributed by atoms with Crippen LogP contribution in [0.15, 0.2) is 24.3 Å². The average molecular weight is 233 g/mol. The molecule has 1 unspecified atom stereocenters. The predicted octanol–water partition coefficient (Wildman–Crippen LogP) is 3.30.